The number of aryl methyl sites for hydroxylation is 2. The van der Waals surface area contributed by atoms with E-state index < -0.39 is 0 Å². The van der Waals surface area contributed by atoms with E-state index in [4.69, 9.17) is 4.74 Å². The van der Waals surface area contributed by atoms with Gasteiger partial charge in [-0.15, -0.1) is 0 Å². The van der Waals surface area contributed by atoms with Gasteiger partial charge in [-0.3, -0.25) is 4.68 Å². The second kappa shape index (κ2) is 3.93. The van der Waals surface area contributed by atoms with Crippen molar-refractivity contribution in [2.45, 2.75) is 6.92 Å². The zero-order chi connectivity index (χ0) is 11.2. The minimum Gasteiger partial charge on any atom is -0.494 e. The van der Waals surface area contributed by atoms with E-state index in [2.05, 4.69) is 50.5 Å². The lowest BCUT2D eigenvalue weighted by Crippen LogP contribution is -1.91. The third kappa shape index (κ3) is 1.65. The van der Waals surface area contributed by atoms with Gasteiger partial charge < -0.3 is 4.74 Å². The molecule has 1 heterocycles. The van der Waals surface area contributed by atoms with Crippen LogP contribution in [0.4, 0.5) is 0 Å². The summed E-state index contributed by atoms with van der Waals surface area (Å²) >= 11 is 5.88. The molecule has 0 atom stereocenters. The molecule has 0 fully saturated rings. The third-order valence-corrected chi connectivity index (χ3v) is 4.89. The average Bonchev–Trinajstić information content (AvgIpc) is 2.50. The highest BCUT2D eigenvalue weighted by Crippen LogP contribution is 2.36. The Morgan fingerprint density at radius 1 is 1.53 bits per heavy atom. The first kappa shape index (κ1) is 11.2. The number of ether oxygens (including phenoxy) is 1. The first-order valence-electron chi connectivity index (χ1n) is 4.41. The van der Waals surface area contributed by atoms with E-state index in [1.807, 2.05) is 17.8 Å². The third-order valence-electron chi connectivity index (χ3n) is 2.47. The molecular weight excluding hydrogens is 371 g/mol. The Morgan fingerprint density at radius 3 is 2.80 bits per heavy atom. The summed E-state index contributed by atoms with van der Waals surface area (Å²) in [6.07, 6.45) is 0. The molecule has 0 saturated carbocycles. The summed E-state index contributed by atoms with van der Waals surface area (Å²) in [6, 6.07) is 1.99. The molecule has 1 aromatic carbocycles. The van der Waals surface area contributed by atoms with Gasteiger partial charge in [-0.25, -0.2) is 0 Å². The molecule has 0 unspecified atom stereocenters. The number of rotatable bonds is 1. The minimum atomic E-state index is 0.821. The van der Waals surface area contributed by atoms with E-state index >= 15 is 0 Å². The first-order valence-corrected chi connectivity index (χ1v) is 6.28. The van der Waals surface area contributed by atoms with Crippen LogP contribution in [-0.4, -0.2) is 16.9 Å². The quantitative estimate of drug-likeness (QED) is 0.710. The van der Waals surface area contributed by atoms with Crippen LogP contribution in [0, 0.1) is 10.5 Å². The van der Waals surface area contributed by atoms with Gasteiger partial charge in [0.2, 0.25) is 0 Å². The van der Waals surface area contributed by atoms with E-state index in [1.165, 1.54) is 0 Å². The van der Waals surface area contributed by atoms with E-state index in [0.29, 0.717) is 0 Å². The molecule has 1 aromatic heterocycles. The van der Waals surface area contributed by atoms with Crippen molar-refractivity contribution in [3.8, 4) is 5.75 Å². The molecule has 0 aliphatic carbocycles. The molecule has 5 heteroatoms. The highest BCUT2D eigenvalue weighted by molar-refractivity contribution is 14.1. The Morgan fingerprint density at radius 2 is 2.20 bits per heavy atom. The first-order chi connectivity index (χ1) is 7.06. The van der Waals surface area contributed by atoms with Crippen LogP contribution in [0.25, 0.3) is 10.9 Å². The number of aromatic nitrogens is 2. The Labute approximate surface area is 110 Å². The second-order valence-corrected chi connectivity index (χ2v) is 5.26. The number of benzene rings is 1. The fourth-order valence-corrected chi connectivity index (χ4v) is 2.71. The zero-order valence-corrected chi connectivity index (χ0v) is 12.4. The molecule has 0 bridgehead atoms. The van der Waals surface area contributed by atoms with E-state index in [9.17, 15) is 0 Å². The number of hydrogen-bond acceptors (Lipinski definition) is 2. The van der Waals surface area contributed by atoms with Crippen LogP contribution >= 0.6 is 38.5 Å². The molecule has 0 amide bonds. The lowest BCUT2D eigenvalue weighted by molar-refractivity contribution is 0.418. The standard InChI is InChI=1S/C10H10BrIN2O/c1-5-8-9(11)6(12)4-7(15-3)10(8)13-14(5)2/h4H,1-3H3. The molecule has 15 heavy (non-hydrogen) atoms. The summed E-state index contributed by atoms with van der Waals surface area (Å²) in [5.74, 6) is 0.821. The van der Waals surface area contributed by atoms with Gasteiger partial charge in [-0.2, -0.15) is 5.10 Å². The predicted molar refractivity (Wildman–Crippen MR) is 72.4 cm³/mol. The molecule has 0 aliphatic heterocycles. The number of hydrogen-bond donors (Lipinski definition) is 0. The molecule has 0 spiro atoms. The van der Waals surface area contributed by atoms with Crippen molar-refractivity contribution >= 4 is 49.4 Å². The highest BCUT2D eigenvalue weighted by atomic mass is 127. The van der Waals surface area contributed by atoms with Crippen molar-refractivity contribution in [1.82, 2.24) is 9.78 Å². The normalized spacial score (nSPS) is 11.0. The molecule has 2 aromatic rings. The lowest BCUT2D eigenvalue weighted by Gasteiger charge is -2.04. The maximum Gasteiger partial charge on any atom is 0.148 e. The number of halogens is 2. The summed E-state index contributed by atoms with van der Waals surface area (Å²) < 4.78 is 9.42. The molecular formula is C10H10BrIN2O. The summed E-state index contributed by atoms with van der Waals surface area (Å²) in [7, 11) is 3.61. The van der Waals surface area contributed by atoms with Crippen LogP contribution in [-0.2, 0) is 7.05 Å². The summed E-state index contributed by atoms with van der Waals surface area (Å²) in [6.45, 7) is 2.05. The van der Waals surface area contributed by atoms with Crippen LogP contribution in [0.3, 0.4) is 0 Å². The van der Waals surface area contributed by atoms with Crippen molar-refractivity contribution in [1.29, 1.82) is 0 Å². The van der Waals surface area contributed by atoms with E-state index in [1.54, 1.807) is 7.11 Å². The minimum absolute atomic E-state index is 0.821. The van der Waals surface area contributed by atoms with Gasteiger partial charge in [-0.05, 0) is 51.5 Å². The maximum atomic E-state index is 5.33. The Bertz CT molecular complexity index is 536. The van der Waals surface area contributed by atoms with Crippen LogP contribution < -0.4 is 4.74 Å². The van der Waals surface area contributed by atoms with Gasteiger partial charge in [0, 0.05) is 26.2 Å². The molecule has 0 aliphatic rings. The fourth-order valence-electron chi connectivity index (χ4n) is 1.57. The van der Waals surface area contributed by atoms with Crippen molar-refractivity contribution < 1.29 is 4.74 Å². The van der Waals surface area contributed by atoms with E-state index in [0.717, 1.165) is 30.4 Å². The fraction of sp³-hybridized carbons (Fsp3) is 0.300. The number of methoxy groups -OCH3 is 1. The molecule has 80 valence electrons. The second-order valence-electron chi connectivity index (χ2n) is 3.31. The van der Waals surface area contributed by atoms with Crippen LogP contribution in [0.15, 0.2) is 10.5 Å². The topological polar surface area (TPSA) is 27.1 Å². The molecule has 0 radical (unpaired) electrons. The summed E-state index contributed by atoms with van der Waals surface area (Å²) in [4.78, 5) is 0. The van der Waals surface area contributed by atoms with Crippen LogP contribution in [0.5, 0.6) is 5.75 Å². The van der Waals surface area contributed by atoms with Gasteiger partial charge in [0.1, 0.15) is 11.3 Å². The van der Waals surface area contributed by atoms with Gasteiger partial charge in [0.25, 0.3) is 0 Å². The summed E-state index contributed by atoms with van der Waals surface area (Å²) in [5.41, 5.74) is 2.04. The van der Waals surface area contributed by atoms with Crippen molar-refractivity contribution in [3.05, 3.63) is 19.8 Å². The smallest absolute Gasteiger partial charge is 0.148 e. The SMILES string of the molecule is COc1cc(I)c(Br)c2c(C)n(C)nc12. The molecule has 0 N–H and O–H groups in total. The Hall–Kier alpha value is -0.300. The Kier molecular flexibility index (Phi) is 2.94. The summed E-state index contributed by atoms with van der Waals surface area (Å²) in [5, 5.41) is 5.57. The Balaban J connectivity index is 2.96. The average molecular weight is 381 g/mol. The largest absolute Gasteiger partial charge is 0.494 e. The number of nitrogens with zero attached hydrogens (tertiary/aromatic N) is 2. The monoisotopic (exact) mass is 380 g/mol. The highest BCUT2D eigenvalue weighted by Gasteiger charge is 2.15. The zero-order valence-electron chi connectivity index (χ0n) is 8.64. The van der Waals surface area contributed by atoms with Crippen molar-refractivity contribution in [2.75, 3.05) is 7.11 Å². The molecule has 2 rings (SSSR count). The van der Waals surface area contributed by atoms with Gasteiger partial charge in [0.15, 0.2) is 0 Å². The predicted octanol–water partition coefficient (Wildman–Crippen LogP) is 3.26. The van der Waals surface area contributed by atoms with Crippen LogP contribution in [0.1, 0.15) is 5.69 Å². The van der Waals surface area contributed by atoms with Gasteiger partial charge in [0.05, 0.1) is 7.11 Å². The van der Waals surface area contributed by atoms with Crippen molar-refractivity contribution in [3.63, 3.8) is 0 Å². The number of fused-ring (bicyclic) bond motifs is 1. The molecule has 0 saturated heterocycles. The van der Waals surface area contributed by atoms with Crippen molar-refractivity contribution in [2.24, 2.45) is 7.05 Å². The lowest BCUT2D eigenvalue weighted by atomic mass is 10.2. The maximum absolute atomic E-state index is 5.33. The van der Waals surface area contributed by atoms with Gasteiger partial charge in [-0.1, -0.05) is 0 Å². The van der Waals surface area contributed by atoms with Crippen LogP contribution in [0.2, 0.25) is 0 Å². The molecule has 3 nitrogen and oxygen atoms in total. The van der Waals surface area contributed by atoms with E-state index in [-0.39, 0.29) is 0 Å². The van der Waals surface area contributed by atoms with Gasteiger partial charge >= 0.3 is 0 Å².